The van der Waals surface area contributed by atoms with Crippen molar-refractivity contribution in [2.75, 3.05) is 25.6 Å². The second-order valence-corrected chi connectivity index (χ2v) is 20.3. The molecule has 0 amide bonds. The standard InChI is InChI=1S/C52H83N3O15P2/c1-3-5-7-9-11-13-15-17-19-20-21-22-24-26-28-30-32-34-36-38-48(57)68-44(41-65-47(56)37-35-33-31-29-27-25-23-18-16-14-12-10-8-6-4-2)42-66-71(61,62)70-72(63,64)67-43-45-49(58)50(59)51(69-45)55-40-39-46(53)54-52(55)60/h5,7,11,13-14,16-17,19,21-22,26,28,32,34,39-40,44-45,49-51,58-59H,3-4,6,8-10,12,15,18,20,23-25,27,29-31,33,35-38,41-43H2,1-2H3,(H,61,62)(H,63,64)(H2,53,54,60). The number of ether oxygens (including phenoxy) is 3. The maximum Gasteiger partial charge on any atom is 0.481 e. The summed E-state index contributed by atoms with van der Waals surface area (Å²) in [6, 6.07) is 1.24. The van der Waals surface area contributed by atoms with Crippen molar-refractivity contribution in [3.63, 3.8) is 0 Å². The maximum absolute atomic E-state index is 12.8. The number of aliphatic hydroxyl groups excluding tert-OH is 2. The minimum atomic E-state index is -5.44. The molecule has 20 heteroatoms. The van der Waals surface area contributed by atoms with E-state index in [0.717, 1.165) is 94.2 Å². The van der Waals surface area contributed by atoms with Gasteiger partial charge >= 0.3 is 33.3 Å². The minimum Gasteiger partial charge on any atom is -0.462 e. The predicted molar refractivity (Wildman–Crippen MR) is 279 cm³/mol. The molecule has 1 aliphatic heterocycles. The fraction of sp³-hybridized carbons (Fsp3) is 0.615. The Bertz CT molecular complexity index is 2040. The maximum atomic E-state index is 12.8. The number of phosphoric ester groups is 2. The number of aromatic nitrogens is 2. The Morgan fingerprint density at radius 2 is 1.19 bits per heavy atom. The zero-order valence-corrected chi connectivity index (χ0v) is 44.2. The number of phosphoric acid groups is 2. The van der Waals surface area contributed by atoms with Crippen molar-refractivity contribution in [2.45, 2.75) is 186 Å². The molecular formula is C52H83N3O15P2. The third-order valence-electron chi connectivity index (χ3n) is 11.0. The van der Waals surface area contributed by atoms with Gasteiger partial charge in [-0.15, -0.1) is 0 Å². The van der Waals surface area contributed by atoms with Gasteiger partial charge in [0.2, 0.25) is 0 Å². The SMILES string of the molecule is CCC=CCC=CCC=CCC=CCC=CCC=CCCC(=O)OC(COC(=O)CCCCCCCCCC=CCCCCCC)COP(=O)(O)OP(=O)(O)OCC1OC(n2ccc(N)nc2=O)C(O)C1O. The number of nitrogens with zero attached hydrogens (tertiary/aromatic N) is 2. The number of nitrogen functional groups attached to an aromatic ring is 1. The normalized spacial score (nSPS) is 19.8. The van der Waals surface area contributed by atoms with Gasteiger partial charge in [-0.05, 0) is 83.1 Å². The number of aliphatic hydroxyl groups is 2. The zero-order chi connectivity index (χ0) is 52.7. The van der Waals surface area contributed by atoms with Gasteiger partial charge in [-0.1, -0.05) is 150 Å². The molecule has 406 valence electrons. The molecule has 1 fully saturated rings. The summed E-state index contributed by atoms with van der Waals surface area (Å²) in [5.41, 5.74) is 4.58. The second-order valence-electron chi connectivity index (χ2n) is 17.3. The molecule has 0 aliphatic carbocycles. The molecule has 2 rings (SSSR count). The van der Waals surface area contributed by atoms with E-state index in [0.29, 0.717) is 19.3 Å². The van der Waals surface area contributed by atoms with Crippen molar-refractivity contribution in [3.8, 4) is 0 Å². The van der Waals surface area contributed by atoms with E-state index < -0.39 is 83.7 Å². The number of carbonyl (C=O) groups excluding carboxylic acids is 2. The molecule has 18 nitrogen and oxygen atoms in total. The number of nitrogens with two attached hydrogens (primary N) is 1. The van der Waals surface area contributed by atoms with Gasteiger partial charge in [0.1, 0.15) is 30.7 Å². The largest absolute Gasteiger partial charge is 0.481 e. The zero-order valence-electron chi connectivity index (χ0n) is 42.4. The van der Waals surface area contributed by atoms with Crippen molar-refractivity contribution in [2.24, 2.45) is 0 Å². The van der Waals surface area contributed by atoms with Gasteiger partial charge in [-0.25, -0.2) is 13.9 Å². The molecule has 0 spiro atoms. The molecule has 0 saturated carbocycles. The van der Waals surface area contributed by atoms with Crippen LogP contribution in [0.3, 0.4) is 0 Å². The summed E-state index contributed by atoms with van der Waals surface area (Å²) in [5.74, 6) is -1.41. The van der Waals surface area contributed by atoms with Gasteiger partial charge < -0.3 is 39.9 Å². The lowest BCUT2D eigenvalue weighted by atomic mass is 10.1. The van der Waals surface area contributed by atoms with E-state index in [2.05, 4.69) is 83.9 Å². The van der Waals surface area contributed by atoms with Crippen molar-refractivity contribution < 1.29 is 66.3 Å². The lowest BCUT2D eigenvalue weighted by Gasteiger charge is -2.21. The van der Waals surface area contributed by atoms with Crippen LogP contribution in [0.5, 0.6) is 0 Å². The molecule has 6 N–H and O–H groups in total. The Balaban J connectivity index is 1.84. The molecule has 72 heavy (non-hydrogen) atoms. The predicted octanol–water partition coefficient (Wildman–Crippen LogP) is 10.7. The Morgan fingerprint density at radius 1 is 0.681 bits per heavy atom. The van der Waals surface area contributed by atoms with Crippen molar-refractivity contribution in [3.05, 3.63) is 108 Å². The van der Waals surface area contributed by atoms with Crippen molar-refractivity contribution >= 4 is 33.4 Å². The lowest BCUT2D eigenvalue weighted by molar-refractivity contribution is -0.161. The van der Waals surface area contributed by atoms with E-state index in [9.17, 15) is 43.5 Å². The molecule has 0 bridgehead atoms. The number of unbranched alkanes of at least 4 members (excludes halogenated alkanes) is 11. The number of rotatable bonds is 41. The van der Waals surface area contributed by atoms with E-state index >= 15 is 0 Å². The van der Waals surface area contributed by atoms with Gasteiger partial charge in [-0.3, -0.25) is 23.2 Å². The monoisotopic (exact) mass is 1050 g/mol. The van der Waals surface area contributed by atoms with Gasteiger partial charge in [0.25, 0.3) is 0 Å². The highest BCUT2D eigenvalue weighted by atomic mass is 31.3. The summed E-state index contributed by atoms with van der Waals surface area (Å²) in [6.45, 7) is 1.95. The highest BCUT2D eigenvalue weighted by Gasteiger charge is 2.46. The summed E-state index contributed by atoms with van der Waals surface area (Å²) in [6.07, 6.45) is 42.5. The molecule has 7 atom stereocenters. The topological polar surface area (TPSA) is 265 Å². The van der Waals surface area contributed by atoms with Crippen LogP contribution in [0.2, 0.25) is 0 Å². The van der Waals surface area contributed by atoms with Crippen LogP contribution in [-0.2, 0) is 46.3 Å². The first-order chi connectivity index (χ1) is 34.7. The highest BCUT2D eigenvalue weighted by molar-refractivity contribution is 7.61. The lowest BCUT2D eigenvalue weighted by Crippen LogP contribution is -2.36. The molecule has 1 aromatic heterocycles. The third-order valence-corrected chi connectivity index (χ3v) is 13.6. The van der Waals surface area contributed by atoms with Gasteiger partial charge in [0.15, 0.2) is 12.3 Å². The van der Waals surface area contributed by atoms with Crippen LogP contribution < -0.4 is 11.4 Å². The van der Waals surface area contributed by atoms with Gasteiger partial charge in [0.05, 0.1) is 13.2 Å². The number of hydrogen-bond donors (Lipinski definition) is 5. The minimum absolute atomic E-state index is 0.0798. The van der Waals surface area contributed by atoms with E-state index in [1.807, 2.05) is 18.2 Å². The van der Waals surface area contributed by atoms with Gasteiger partial charge in [0, 0.05) is 19.0 Å². The highest BCUT2D eigenvalue weighted by Crippen LogP contribution is 2.60. The van der Waals surface area contributed by atoms with Crippen molar-refractivity contribution in [1.29, 1.82) is 0 Å². The van der Waals surface area contributed by atoms with Crippen molar-refractivity contribution in [1.82, 2.24) is 9.55 Å². The molecule has 1 aromatic rings. The molecule has 2 heterocycles. The average Bonchev–Trinajstić information content (AvgIpc) is 3.62. The fourth-order valence-corrected chi connectivity index (χ4v) is 9.15. The van der Waals surface area contributed by atoms with Crippen LogP contribution in [-0.4, -0.2) is 85.7 Å². The quantitative estimate of drug-likeness (QED) is 0.0177. The molecule has 7 unspecified atom stereocenters. The Kier molecular flexibility index (Phi) is 35.1. The summed E-state index contributed by atoms with van der Waals surface area (Å²) in [4.78, 5) is 61.9. The van der Waals surface area contributed by atoms with E-state index in [-0.39, 0.29) is 18.7 Å². The summed E-state index contributed by atoms with van der Waals surface area (Å²) in [5, 5.41) is 20.9. The Hall–Kier alpha value is -4.06. The first-order valence-corrected chi connectivity index (χ1v) is 28.6. The van der Waals surface area contributed by atoms with Crippen LogP contribution >= 0.6 is 15.6 Å². The average molecular weight is 1050 g/mol. The van der Waals surface area contributed by atoms with Crippen LogP contribution in [0.4, 0.5) is 5.82 Å². The number of anilines is 1. The van der Waals surface area contributed by atoms with E-state index in [4.69, 9.17) is 29.0 Å². The third kappa shape index (κ3) is 31.5. The molecule has 0 radical (unpaired) electrons. The van der Waals surface area contributed by atoms with Crippen LogP contribution in [0.25, 0.3) is 0 Å². The molecule has 1 aliphatic rings. The van der Waals surface area contributed by atoms with Crippen LogP contribution in [0, 0.1) is 0 Å². The first kappa shape index (κ1) is 64.1. The fourth-order valence-electron chi connectivity index (χ4n) is 7.04. The molecule has 1 saturated heterocycles. The first-order valence-electron chi connectivity index (χ1n) is 25.6. The second kappa shape index (κ2) is 39.4. The number of allylic oxidation sites excluding steroid dienone is 14. The Morgan fingerprint density at radius 3 is 1.76 bits per heavy atom. The van der Waals surface area contributed by atoms with Crippen LogP contribution in [0.1, 0.15) is 161 Å². The molecule has 0 aromatic carbocycles. The Labute approximate surface area is 427 Å². The number of hydrogen-bond acceptors (Lipinski definition) is 15. The van der Waals surface area contributed by atoms with Crippen LogP contribution in [0.15, 0.2) is 102 Å². The summed E-state index contributed by atoms with van der Waals surface area (Å²) >= 11 is 0. The molecular weight excluding hydrogens is 969 g/mol. The van der Waals surface area contributed by atoms with E-state index in [1.54, 1.807) is 6.08 Å². The number of carbonyl (C=O) groups is 2. The number of esters is 2. The van der Waals surface area contributed by atoms with Gasteiger partial charge in [-0.2, -0.15) is 9.29 Å². The van der Waals surface area contributed by atoms with E-state index in [1.165, 1.54) is 31.7 Å². The smallest absolute Gasteiger partial charge is 0.462 e. The summed E-state index contributed by atoms with van der Waals surface area (Å²) < 4.78 is 56.7. The summed E-state index contributed by atoms with van der Waals surface area (Å²) in [7, 11) is -10.9.